The summed E-state index contributed by atoms with van der Waals surface area (Å²) in [7, 11) is 0. The second-order valence-electron chi connectivity index (χ2n) is 4.36. The molecule has 0 saturated carbocycles. The molecule has 2 rings (SSSR count). The fourth-order valence-corrected chi connectivity index (χ4v) is 2.18. The Bertz CT molecular complexity index is 642. The van der Waals surface area contributed by atoms with Crippen LogP contribution in [0.15, 0.2) is 52.1 Å². The van der Waals surface area contributed by atoms with Gasteiger partial charge in [0.25, 0.3) is 0 Å². The van der Waals surface area contributed by atoms with E-state index in [2.05, 4.69) is 21.1 Å². The van der Waals surface area contributed by atoms with Crippen LogP contribution in [0.4, 0.5) is 0 Å². The zero-order chi connectivity index (χ0) is 14.5. The number of aryl methyl sites for hydroxylation is 1. The van der Waals surface area contributed by atoms with Gasteiger partial charge in [-0.2, -0.15) is 0 Å². The molecule has 0 unspecified atom stereocenters. The average Bonchev–Trinajstić information content (AvgIpc) is 2.46. The largest absolute Gasteiger partial charge is 0.488 e. The summed E-state index contributed by atoms with van der Waals surface area (Å²) in [6.07, 6.45) is 0. The van der Waals surface area contributed by atoms with Crippen LogP contribution < -0.4 is 10.5 Å². The van der Waals surface area contributed by atoms with Gasteiger partial charge in [0.1, 0.15) is 12.4 Å². The van der Waals surface area contributed by atoms with Crippen LogP contribution in [0.25, 0.3) is 0 Å². The summed E-state index contributed by atoms with van der Waals surface area (Å²) < 4.78 is 6.79. The van der Waals surface area contributed by atoms with E-state index in [-0.39, 0.29) is 5.84 Å². The molecular formula is C15H15BrN2O2. The Balaban J connectivity index is 2.25. The maximum Gasteiger partial charge on any atom is 0.173 e. The summed E-state index contributed by atoms with van der Waals surface area (Å²) in [5.41, 5.74) is 8.30. The fraction of sp³-hybridized carbons (Fsp3) is 0.133. The summed E-state index contributed by atoms with van der Waals surface area (Å²) in [6, 6.07) is 13.4. The quantitative estimate of drug-likeness (QED) is 0.389. The average molecular weight is 335 g/mol. The molecule has 0 aromatic heterocycles. The highest BCUT2D eigenvalue weighted by molar-refractivity contribution is 9.10. The van der Waals surface area contributed by atoms with Gasteiger partial charge >= 0.3 is 0 Å². The lowest BCUT2D eigenvalue weighted by Crippen LogP contribution is -2.15. The Hall–Kier alpha value is -2.01. The van der Waals surface area contributed by atoms with Crippen LogP contribution >= 0.6 is 15.9 Å². The molecule has 0 atom stereocenters. The molecule has 0 amide bonds. The summed E-state index contributed by atoms with van der Waals surface area (Å²) >= 11 is 3.48. The number of nitrogens with two attached hydrogens (primary N) is 1. The molecule has 2 aromatic rings. The van der Waals surface area contributed by atoms with E-state index < -0.39 is 0 Å². The third kappa shape index (κ3) is 3.30. The first-order valence-electron chi connectivity index (χ1n) is 6.06. The zero-order valence-electron chi connectivity index (χ0n) is 11.0. The third-order valence-electron chi connectivity index (χ3n) is 2.86. The monoisotopic (exact) mass is 334 g/mol. The molecule has 20 heavy (non-hydrogen) atoms. The lowest BCUT2D eigenvalue weighted by atomic mass is 10.1. The molecule has 0 radical (unpaired) electrons. The van der Waals surface area contributed by atoms with E-state index in [1.807, 2.05) is 43.3 Å². The van der Waals surface area contributed by atoms with E-state index in [1.54, 1.807) is 6.07 Å². The summed E-state index contributed by atoms with van der Waals surface area (Å²) in [4.78, 5) is 0. The Morgan fingerprint density at radius 2 is 2.05 bits per heavy atom. The molecule has 2 aromatic carbocycles. The SMILES string of the molecule is Cc1ccc(/C(N)=N/O)c(OCc2ccccc2Br)c1. The van der Waals surface area contributed by atoms with Crippen LogP contribution in [0.1, 0.15) is 16.7 Å². The molecule has 0 bridgehead atoms. The third-order valence-corrected chi connectivity index (χ3v) is 3.64. The molecule has 104 valence electrons. The Kier molecular flexibility index (Phi) is 4.63. The maximum absolute atomic E-state index is 8.81. The predicted octanol–water partition coefficient (Wildman–Crippen LogP) is 3.43. The molecule has 0 aliphatic carbocycles. The molecule has 0 aliphatic rings. The van der Waals surface area contributed by atoms with Crippen molar-refractivity contribution >= 4 is 21.8 Å². The summed E-state index contributed by atoms with van der Waals surface area (Å²) in [5.74, 6) is 0.628. The van der Waals surface area contributed by atoms with E-state index in [4.69, 9.17) is 15.7 Å². The molecule has 0 saturated heterocycles. The van der Waals surface area contributed by atoms with E-state index in [9.17, 15) is 0 Å². The number of halogens is 1. The van der Waals surface area contributed by atoms with Gasteiger partial charge in [0, 0.05) is 10.0 Å². The Labute approximate surface area is 126 Å². The lowest BCUT2D eigenvalue weighted by molar-refractivity contribution is 0.302. The van der Waals surface area contributed by atoms with Gasteiger partial charge in [-0.3, -0.25) is 0 Å². The van der Waals surface area contributed by atoms with Crippen molar-refractivity contribution in [2.24, 2.45) is 10.9 Å². The number of hydrogen-bond donors (Lipinski definition) is 2. The highest BCUT2D eigenvalue weighted by atomic mass is 79.9. The van der Waals surface area contributed by atoms with Crippen LogP contribution in [0, 0.1) is 6.92 Å². The van der Waals surface area contributed by atoms with Crippen molar-refractivity contribution < 1.29 is 9.94 Å². The Morgan fingerprint density at radius 1 is 1.30 bits per heavy atom. The van der Waals surface area contributed by atoms with E-state index >= 15 is 0 Å². The second-order valence-corrected chi connectivity index (χ2v) is 5.22. The molecule has 0 spiro atoms. The number of hydrogen-bond acceptors (Lipinski definition) is 3. The van der Waals surface area contributed by atoms with E-state index in [1.165, 1.54) is 0 Å². The molecular weight excluding hydrogens is 320 g/mol. The molecule has 0 aliphatic heterocycles. The molecule has 0 heterocycles. The highest BCUT2D eigenvalue weighted by Crippen LogP contribution is 2.23. The van der Waals surface area contributed by atoms with Gasteiger partial charge in [-0.05, 0) is 30.7 Å². The number of nitrogens with zero attached hydrogens (tertiary/aromatic N) is 1. The standard InChI is InChI=1S/C15H15BrN2O2/c1-10-6-7-12(15(17)18-19)14(8-10)20-9-11-4-2-3-5-13(11)16/h2-8,19H,9H2,1H3,(H2,17,18). The van der Waals surface area contributed by atoms with Crippen LogP contribution in [0.2, 0.25) is 0 Å². The van der Waals surface area contributed by atoms with E-state index in [0.29, 0.717) is 17.9 Å². The van der Waals surface area contributed by atoms with Gasteiger partial charge in [-0.25, -0.2) is 0 Å². The minimum atomic E-state index is 0.0344. The van der Waals surface area contributed by atoms with E-state index in [0.717, 1.165) is 15.6 Å². The van der Waals surface area contributed by atoms with Crippen LogP contribution in [-0.2, 0) is 6.61 Å². The van der Waals surface area contributed by atoms with Gasteiger partial charge in [-0.15, -0.1) is 0 Å². The van der Waals surface area contributed by atoms with Crippen LogP contribution in [0.5, 0.6) is 5.75 Å². The van der Waals surface area contributed by atoms with Crippen molar-refractivity contribution in [3.63, 3.8) is 0 Å². The van der Waals surface area contributed by atoms with Gasteiger partial charge in [-0.1, -0.05) is 45.4 Å². The first-order chi connectivity index (χ1) is 9.61. The smallest absolute Gasteiger partial charge is 0.173 e. The van der Waals surface area contributed by atoms with Crippen molar-refractivity contribution in [1.82, 2.24) is 0 Å². The number of oxime groups is 1. The van der Waals surface area contributed by atoms with Crippen LogP contribution in [-0.4, -0.2) is 11.0 Å². The first-order valence-corrected chi connectivity index (χ1v) is 6.86. The molecule has 3 N–H and O–H groups in total. The molecule has 0 fully saturated rings. The lowest BCUT2D eigenvalue weighted by Gasteiger charge is -2.12. The van der Waals surface area contributed by atoms with Gasteiger partial charge in [0.2, 0.25) is 0 Å². The van der Waals surface area contributed by atoms with Crippen molar-refractivity contribution in [2.45, 2.75) is 13.5 Å². The maximum atomic E-state index is 8.81. The number of amidine groups is 1. The van der Waals surface area contributed by atoms with Crippen molar-refractivity contribution in [1.29, 1.82) is 0 Å². The number of benzene rings is 2. The summed E-state index contributed by atoms with van der Waals surface area (Å²) in [6.45, 7) is 2.36. The topological polar surface area (TPSA) is 67.8 Å². The summed E-state index contributed by atoms with van der Waals surface area (Å²) in [5, 5.41) is 11.8. The van der Waals surface area contributed by atoms with Crippen molar-refractivity contribution in [3.05, 3.63) is 63.6 Å². The second kappa shape index (κ2) is 6.43. The predicted molar refractivity (Wildman–Crippen MR) is 82.2 cm³/mol. The minimum Gasteiger partial charge on any atom is -0.488 e. The van der Waals surface area contributed by atoms with Gasteiger partial charge < -0.3 is 15.7 Å². The molecule has 4 nitrogen and oxygen atoms in total. The highest BCUT2D eigenvalue weighted by Gasteiger charge is 2.09. The fourth-order valence-electron chi connectivity index (χ4n) is 1.79. The molecule has 5 heteroatoms. The normalized spacial score (nSPS) is 11.4. The minimum absolute atomic E-state index is 0.0344. The van der Waals surface area contributed by atoms with Gasteiger partial charge in [0.05, 0.1) is 5.56 Å². The van der Waals surface area contributed by atoms with Crippen molar-refractivity contribution in [3.8, 4) is 5.75 Å². The van der Waals surface area contributed by atoms with Crippen molar-refractivity contribution in [2.75, 3.05) is 0 Å². The number of rotatable bonds is 4. The number of ether oxygens (including phenoxy) is 1. The Morgan fingerprint density at radius 3 is 2.75 bits per heavy atom. The van der Waals surface area contributed by atoms with Gasteiger partial charge in [0.15, 0.2) is 5.84 Å². The first kappa shape index (κ1) is 14.4. The van der Waals surface area contributed by atoms with Crippen LogP contribution in [0.3, 0.4) is 0 Å². The zero-order valence-corrected chi connectivity index (χ0v) is 12.6.